The Balaban J connectivity index is 1.86. The van der Waals surface area contributed by atoms with Crippen molar-refractivity contribution in [3.63, 3.8) is 0 Å². The van der Waals surface area contributed by atoms with Crippen LogP contribution in [0.4, 0.5) is 11.4 Å². The number of rotatable bonds is 7. The van der Waals surface area contributed by atoms with E-state index >= 15 is 0 Å². The van der Waals surface area contributed by atoms with Gasteiger partial charge in [0, 0.05) is 45.5 Å². The Morgan fingerprint density at radius 3 is 2.50 bits per heavy atom. The molecular formula is C21H25N3O4. The van der Waals surface area contributed by atoms with Gasteiger partial charge in [0.1, 0.15) is 5.56 Å². The highest BCUT2D eigenvalue weighted by Crippen LogP contribution is 2.23. The van der Waals surface area contributed by atoms with Crippen molar-refractivity contribution in [2.45, 2.75) is 25.5 Å². The number of nitro groups is 1. The van der Waals surface area contributed by atoms with Crippen LogP contribution < -0.4 is 4.90 Å². The number of hydrogen-bond donors (Lipinski definition) is 0. The van der Waals surface area contributed by atoms with Crippen molar-refractivity contribution < 1.29 is 14.5 Å². The Bertz CT molecular complexity index is 830. The number of nitrogens with zero attached hydrogens (tertiary/aromatic N) is 3. The minimum absolute atomic E-state index is 0.0345. The number of para-hydroxylation sites is 1. The minimum Gasteiger partial charge on any atom is -0.378 e. The number of carbonyl (C=O) groups excluding carboxylic acids is 1. The van der Waals surface area contributed by atoms with E-state index in [1.54, 1.807) is 17.0 Å². The quantitative estimate of drug-likeness (QED) is 0.540. The first-order valence-electron chi connectivity index (χ1n) is 9.36. The molecule has 148 valence electrons. The fourth-order valence-corrected chi connectivity index (χ4v) is 3.36. The van der Waals surface area contributed by atoms with E-state index in [-0.39, 0.29) is 23.3 Å². The lowest BCUT2D eigenvalue weighted by molar-refractivity contribution is -0.385. The molecule has 1 atom stereocenters. The lowest BCUT2D eigenvalue weighted by Crippen LogP contribution is -2.37. The molecule has 0 aromatic heterocycles. The van der Waals surface area contributed by atoms with Gasteiger partial charge in [-0.2, -0.15) is 0 Å². The lowest BCUT2D eigenvalue weighted by Gasteiger charge is -2.26. The molecule has 1 aliphatic rings. The van der Waals surface area contributed by atoms with Gasteiger partial charge in [0.05, 0.1) is 11.0 Å². The summed E-state index contributed by atoms with van der Waals surface area (Å²) >= 11 is 0. The molecule has 0 saturated carbocycles. The summed E-state index contributed by atoms with van der Waals surface area (Å²) in [7, 11) is 3.94. The third-order valence-electron chi connectivity index (χ3n) is 4.89. The van der Waals surface area contributed by atoms with Gasteiger partial charge in [-0.15, -0.1) is 0 Å². The molecule has 2 aromatic carbocycles. The number of nitro benzene ring substituents is 1. The molecule has 0 radical (unpaired) electrons. The second-order valence-electron chi connectivity index (χ2n) is 7.16. The molecule has 1 fully saturated rings. The van der Waals surface area contributed by atoms with Crippen LogP contribution in [0.3, 0.4) is 0 Å². The van der Waals surface area contributed by atoms with Crippen molar-refractivity contribution in [2.75, 3.05) is 32.1 Å². The third kappa shape index (κ3) is 4.67. The van der Waals surface area contributed by atoms with Crippen LogP contribution in [0.15, 0.2) is 48.5 Å². The second kappa shape index (κ2) is 8.84. The van der Waals surface area contributed by atoms with Crippen LogP contribution >= 0.6 is 0 Å². The molecular weight excluding hydrogens is 358 g/mol. The van der Waals surface area contributed by atoms with Gasteiger partial charge in [-0.3, -0.25) is 14.9 Å². The van der Waals surface area contributed by atoms with Crippen LogP contribution in [0.1, 0.15) is 28.8 Å². The highest BCUT2D eigenvalue weighted by molar-refractivity contribution is 5.98. The predicted molar refractivity (Wildman–Crippen MR) is 108 cm³/mol. The van der Waals surface area contributed by atoms with E-state index in [1.807, 2.05) is 43.3 Å². The second-order valence-corrected chi connectivity index (χ2v) is 7.16. The van der Waals surface area contributed by atoms with Gasteiger partial charge >= 0.3 is 0 Å². The Morgan fingerprint density at radius 1 is 1.18 bits per heavy atom. The van der Waals surface area contributed by atoms with Gasteiger partial charge in [0.15, 0.2) is 0 Å². The number of amides is 1. The normalized spacial score (nSPS) is 16.0. The van der Waals surface area contributed by atoms with E-state index in [9.17, 15) is 14.9 Å². The summed E-state index contributed by atoms with van der Waals surface area (Å²) in [5.74, 6) is -0.348. The molecule has 1 heterocycles. The molecule has 0 spiro atoms. The molecule has 1 aliphatic heterocycles. The molecule has 1 amide bonds. The fourth-order valence-electron chi connectivity index (χ4n) is 3.36. The first kappa shape index (κ1) is 19.8. The average Bonchev–Trinajstić information content (AvgIpc) is 3.20. The van der Waals surface area contributed by atoms with Crippen molar-refractivity contribution >= 4 is 17.3 Å². The van der Waals surface area contributed by atoms with Crippen molar-refractivity contribution in [2.24, 2.45) is 0 Å². The summed E-state index contributed by atoms with van der Waals surface area (Å²) in [5.41, 5.74) is 1.97. The summed E-state index contributed by atoms with van der Waals surface area (Å²) in [6.45, 7) is 1.48. The summed E-state index contributed by atoms with van der Waals surface area (Å²) in [4.78, 5) is 27.7. The van der Waals surface area contributed by atoms with Crippen LogP contribution in [0.5, 0.6) is 0 Å². The Labute approximate surface area is 164 Å². The molecule has 28 heavy (non-hydrogen) atoms. The molecule has 0 aliphatic carbocycles. The standard InChI is InChI=1S/C21H25N3O4/c1-22(2)17-11-9-16(10-12-17)14-23(15-18-6-5-13-28-18)21(25)19-7-3-4-8-20(19)24(26)27/h3-4,7-12,18H,5-6,13-15H2,1-2H3/t18-/m0/s1. The van der Waals surface area contributed by atoms with Gasteiger partial charge in [-0.25, -0.2) is 0 Å². The topological polar surface area (TPSA) is 75.9 Å². The van der Waals surface area contributed by atoms with E-state index in [0.29, 0.717) is 19.7 Å². The van der Waals surface area contributed by atoms with Gasteiger partial charge in [0.25, 0.3) is 11.6 Å². The number of benzene rings is 2. The first-order chi connectivity index (χ1) is 13.5. The Kier molecular flexibility index (Phi) is 6.26. The van der Waals surface area contributed by atoms with Crippen molar-refractivity contribution in [3.8, 4) is 0 Å². The van der Waals surface area contributed by atoms with Crippen LogP contribution in [0, 0.1) is 10.1 Å². The van der Waals surface area contributed by atoms with Gasteiger partial charge in [-0.1, -0.05) is 24.3 Å². The highest BCUT2D eigenvalue weighted by atomic mass is 16.6. The fraction of sp³-hybridized carbons (Fsp3) is 0.381. The van der Waals surface area contributed by atoms with E-state index < -0.39 is 4.92 Å². The summed E-state index contributed by atoms with van der Waals surface area (Å²) in [6, 6.07) is 14.0. The number of hydrogen-bond acceptors (Lipinski definition) is 5. The number of carbonyl (C=O) groups is 1. The maximum atomic E-state index is 13.2. The molecule has 0 N–H and O–H groups in total. The van der Waals surface area contributed by atoms with E-state index in [0.717, 1.165) is 24.1 Å². The van der Waals surface area contributed by atoms with E-state index in [4.69, 9.17) is 4.74 Å². The molecule has 0 bridgehead atoms. The zero-order valence-electron chi connectivity index (χ0n) is 16.2. The average molecular weight is 383 g/mol. The largest absolute Gasteiger partial charge is 0.378 e. The highest BCUT2D eigenvalue weighted by Gasteiger charge is 2.27. The summed E-state index contributed by atoms with van der Waals surface area (Å²) in [5, 5.41) is 11.4. The smallest absolute Gasteiger partial charge is 0.282 e. The zero-order chi connectivity index (χ0) is 20.1. The first-order valence-corrected chi connectivity index (χ1v) is 9.36. The van der Waals surface area contributed by atoms with Gasteiger partial charge < -0.3 is 14.5 Å². The monoisotopic (exact) mass is 383 g/mol. The molecule has 7 nitrogen and oxygen atoms in total. The van der Waals surface area contributed by atoms with Gasteiger partial charge in [-0.05, 0) is 36.6 Å². The van der Waals surface area contributed by atoms with Crippen molar-refractivity contribution in [3.05, 3.63) is 69.8 Å². The van der Waals surface area contributed by atoms with E-state index in [1.165, 1.54) is 12.1 Å². The van der Waals surface area contributed by atoms with Crippen LogP contribution in [0.2, 0.25) is 0 Å². The SMILES string of the molecule is CN(C)c1ccc(CN(C[C@@H]2CCCO2)C(=O)c2ccccc2[N+](=O)[O-])cc1. The molecule has 3 rings (SSSR count). The van der Waals surface area contributed by atoms with Gasteiger partial charge in [0.2, 0.25) is 0 Å². The molecule has 2 aromatic rings. The van der Waals surface area contributed by atoms with Crippen molar-refractivity contribution in [1.82, 2.24) is 4.90 Å². The predicted octanol–water partition coefficient (Wildman–Crippen LogP) is 3.48. The molecule has 0 unspecified atom stereocenters. The molecule has 7 heteroatoms. The van der Waals surface area contributed by atoms with E-state index in [2.05, 4.69) is 0 Å². The van der Waals surface area contributed by atoms with Crippen LogP contribution in [-0.4, -0.2) is 49.1 Å². The van der Waals surface area contributed by atoms with Crippen LogP contribution in [-0.2, 0) is 11.3 Å². The summed E-state index contributed by atoms with van der Waals surface area (Å²) in [6.07, 6.45) is 1.82. The Morgan fingerprint density at radius 2 is 1.89 bits per heavy atom. The van der Waals surface area contributed by atoms with Crippen molar-refractivity contribution in [1.29, 1.82) is 0 Å². The zero-order valence-corrected chi connectivity index (χ0v) is 16.2. The number of ether oxygens (including phenoxy) is 1. The lowest BCUT2D eigenvalue weighted by atomic mass is 10.1. The van der Waals surface area contributed by atoms with Crippen LogP contribution in [0.25, 0.3) is 0 Å². The Hall–Kier alpha value is -2.93. The maximum Gasteiger partial charge on any atom is 0.282 e. The number of anilines is 1. The maximum absolute atomic E-state index is 13.2. The molecule has 1 saturated heterocycles. The third-order valence-corrected chi connectivity index (χ3v) is 4.89. The minimum atomic E-state index is -0.511. The summed E-state index contributed by atoms with van der Waals surface area (Å²) < 4.78 is 5.70.